The van der Waals surface area contributed by atoms with Gasteiger partial charge in [0.05, 0.1) is 11.3 Å². The maximum atomic E-state index is 12.7. The van der Waals surface area contributed by atoms with E-state index in [-0.39, 0.29) is 17.2 Å². The SMILES string of the molecule is Cc1cc(C)n(-c2nc(C(F)(F)F)ccc2C(=N)N)n1. The lowest BCUT2D eigenvalue weighted by Crippen LogP contribution is -2.19. The number of rotatable bonds is 2. The van der Waals surface area contributed by atoms with Crippen LogP contribution in [0.4, 0.5) is 13.2 Å². The van der Waals surface area contributed by atoms with Gasteiger partial charge in [0.1, 0.15) is 11.5 Å². The van der Waals surface area contributed by atoms with Crippen LogP contribution in [0.15, 0.2) is 18.2 Å². The molecule has 2 aromatic rings. The molecule has 0 aliphatic carbocycles. The molecular weight excluding hydrogens is 271 g/mol. The van der Waals surface area contributed by atoms with Crippen LogP contribution in [-0.4, -0.2) is 20.6 Å². The first-order valence-corrected chi connectivity index (χ1v) is 5.66. The number of halogens is 3. The Morgan fingerprint density at radius 2 is 1.95 bits per heavy atom. The van der Waals surface area contributed by atoms with Crippen molar-refractivity contribution < 1.29 is 13.2 Å². The molecule has 0 amide bonds. The highest BCUT2D eigenvalue weighted by atomic mass is 19.4. The molecule has 20 heavy (non-hydrogen) atoms. The van der Waals surface area contributed by atoms with Crippen molar-refractivity contribution in [2.75, 3.05) is 0 Å². The molecule has 0 aromatic carbocycles. The Labute approximate surface area is 112 Å². The molecule has 0 radical (unpaired) electrons. The molecule has 2 heterocycles. The molecule has 5 nitrogen and oxygen atoms in total. The number of nitrogens with two attached hydrogens (primary N) is 1. The van der Waals surface area contributed by atoms with Crippen LogP contribution >= 0.6 is 0 Å². The van der Waals surface area contributed by atoms with Crippen LogP contribution in [0.3, 0.4) is 0 Å². The fourth-order valence-electron chi connectivity index (χ4n) is 1.82. The van der Waals surface area contributed by atoms with Crippen LogP contribution in [0.1, 0.15) is 22.6 Å². The molecule has 2 rings (SSSR count). The molecule has 0 aliphatic rings. The first kappa shape index (κ1) is 14.0. The van der Waals surface area contributed by atoms with Gasteiger partial charge in [-0.15, -0.1) is 0 Å². The normalized spacial score (nSPS) is 11.7. The third-order valence-electron chi connectivity index (χ3n) is 2.67. The fraction of sp³-hybridized carbons (Fsp3) is 0.250. The monoisotopic (exact) mass is 283 g/mol. The second kappa shape index (κ2) is 4.62. The van der Waals surface area contributed by atoms with Gasteiger partial charge in [0.2, 0.25) is 0 Å². The van der Waals surface area contributed by atoms with E-state index in [2.05, 4.69) is 10.1 Å². The van der Waals surface area contributed by atoms with Crippen molar-refractivity contribution in [2.45, 2.75) is 20.0 Å². The number of nitrogen functional groups attached to an aromatic ring is 1. The van der Waals surface area contributed by atoms with Crippen molar-refractivity contribution in [1.29, 1.82) is 5.41 Å². The Morgan fingerprint density at radius 1 is 1.30 bits per heavy atom. The fourth-order valence-corrected chi connectivity index (χ4v) is 1.82. The van der Waals surface area contributed by atoms with E-state index in [1.807, 2.05) is 0 Å². The Bertz CT molecular complexity index is 672. The van der Waals surface area contributed by atoms with Gasteiger partial charge in [-0.1, -0.05) is 0 Å². The zero-order valence-corrected chi connectivity index (χ0v) is 10.8. The summed E-state index contributed by atoms with van der Waals surface area (Å²) in [5.74, 6) is -0.466. The summed E-state index contributed by atoms with van der Waals surface area (Å²) in [4.78, 5) is 3.56. The number of hydrogen-bond acceptors (Lipinski definition) is 3. The predicted molar refractivity (Wildman–Crippen MR) is 66.9 cm³/mol. The van der Waals surface area contributed by atoms with Gasteiger partial charge < -0.3 is 5.73 Å². The van der Waals surface area contributed by atoms with E-state index < -0.39 is 11.9 Å². The Hall–Kier alpha value is -2.38. The van der Waals surface area contributed by atoms with Gasteiger partial charge in [0.15, 0.2) is 5.82 Å². The topological polar surface area (TPSA) is 80.6 Å². The van der Waals surface area contributed by atoms with E-state index >= 15 is 0 Å². The van der Waals surface area contributed by atoms with E-state index in [1.165, 1.54) is 4.68 Å². The van der Waals surface area contributed by atoms with E-state index in [0.29, 0.717) is 11.4 Å². The summed E-state index contributed by atoms with van der Waals surface area (Å²) in [6.45, 7) is 3.40. The highest BCUT2D eigenvalue weighted by Gasteiger charge is 2.33. The van der Waals surface area contributed by atoms with Gasteiger partial charge in [-0.25, -0.2) is 9.67 Å². The summed E-state index contributed by atoms with van der Waals surface area (Å²) in [6.07, 6.45) is -4.57. The molecule has 3 N–H and O–H groups in total. The summed E-state index contributed by atoms with van der Waals surface area (Å²) in [5, 5.41) is 11.5. The van der Waals surface area contributed by atoms with Crippen molar-refractivity contribution in [3.05, 3.63) is 40.8 Å². The van der Waals surface area contributed by atoms with Crippen molar-refractivity contribution in [2.24, 2.45) is 5.73 Å². The van der Waals surface area contributed by atoms with E-state index in [4.69, 9.17) is 11.1 Å². The largest absolute Gasteiger partial charge is 0.433 e. The second-order valence-electron chi connectivity index (χ2n) is 4.32. The van der Waals surface area contributed by atoms with Crippen molar-refractivity contribution in [1.82, 2.24) is 14.8 Å². The number of aryl methyl sites for hydroxylation is 2. The van der Waals surface area contributed by atoms with E-state index in [1.54, 1.807) is 19.9 Å². The van der Waals surface area contributed by atoms with Gasteiger partial charge in [0.25, 0.3) is 0 Å². The third kappa shape index (κ3) is 2.49. The van der Waals surface area contributed by atoms with Gasteiger partial charge in [0, 0.05) is 5.69 Å². The molecule has 106 valence electrons. The summed E-state index contributed by atoms with van der Waals surface area (Å²) < 4.78 is 39.5. The summed E-state index contributed by atoms with van der Waals surface area (Å²) >= 11 is 0. The van der Waals surface area contributed by atoms with Crippen LogP contribution in [0.5, 0.6) is 0 Å². The minimum atomic E-state index is -4.57. The average Bonchev–Trinajstić information content (AvgIpc) is 2.66. The number of aromatic nitrogens is 3. The Balaban J connectivity index is 2.71. The van der Waals surface area contributed by atoms with Crippen molar-refractivity contribution in [3.8, 4) is 5.82 Å². The minimum absolute atomic E-state index is 0.0991. The van der Waals surface area contributed by atoms with Gasteiger partial charge in [-0.2, -0.15) is 18.3 Å². The number of amidine groups is 1. The molecule has 2 aromatic heterocycles. The minimum Gasteiger partial charge on any atom is -0.384 e. The molecule has 8 heteroatoms. The molecule has 0 atom stereocenters. The molecule has 0 saturated heterocycles. The van der Waals surface area contributed by atoms with Crippen molar-refractivity contribution >= 4 is 5.84 Å². The lowest BCUT2D eigenvalue weighted by Gasteiger charge is -2.12. The van der Waals surface area contributed by atoms with E-state index in [0.717, 1.165) is 12.1 Å². The molecule has 0 bridgehead atoms. The number of alkyl halides is 3. The molecular formula is C12H12F3N5. The van der Waals surface area contributed by atoms with Crippen LogP contribution in [0.2, 0.25) is 0 Å². The molecule has 0 fully saturated rings. The first-order valence-electron chi connectivity index (χ1n) is 5.66. The van der Waals surface area contributed by atoms with Gasteiger partial charge in [-0.3, -0.25) is 5.41 Å². The van der Waals surface area contributed by atoms with E-state index in [9.17, 15) is 13.2 Å². The standard InChI is InChI=1S/C12H12F3N5/c1-6-5-7(2)20(19-6)11-8(10(16)17)3-4-9(18-11)12(13,14)15/h3-5H,1-2H3,(H3,16,17). The number of pyridine rings is 1. The van der Waals surface area contributed by atoms with Crippen LogP contribution < -0.4 is 5.73 Å². The highest BCUT2D eigenvalue weighted by Crippen LogP contribution is 2.29. The van der Waals surface area contributed by atoms with Crippen LogP contribution in [0.25, 0.3) is 5.82 Å². The molecule has 0 spiro atoms. The second-order valence-corrected chi connectivity index (χ2v) is 4.32. The third-order valence-corrected chi connectivity index (χ3v) is 2.67. The smallest absolute Gasteiger partial charge is 0.384 e. The predicted octanol–water partition coefficient (Wildman–Crippen LogP) is 2.19. The van der Waals surface area contributed by atoms with Gasteiger partial charge >= 0.3 is 6.18 Å². The zero-order valence-electron chi connectivity index (χ0n) is 10.8. The highest BCUT2D eigenvalue weighted by molar-refractivity contribution is 5.97. The lowest BCUT2D eigenvalue weighted by atomic mass is 10.2. The number of hydrogen-bond donors (Lipinski definition) is 2. The Kier molecular flexibility index (Phi) is 3.24. The molecule has 0 unspecified atom stereocenters. The maximum Gasteiger partial charge on any atom is 0.433 e. The lowest BCUT2D eigenvalue weighted by molar-refractivity contribution is -0.141. The van der Waals surface area contributed by atoms with Gasteiger partial charge in [-0.05, 0) is 32.0 Å². The van der Waals surface area contributed by atoms with Crippen LogP contribution in [-0.2, 0) is 6.18 Å². The quantitative estimate of drug-likeness (QED) is 0.655. The van der Waals surface area contributed by atoms with Crippen molar-refractivity contribution in [3.63, 3.8) is 0 Å². The first-order chi connectivity index (χ1) is 9.20. The maximum absolute atomic E-state index is 12.7. The molecule has 0 saturated carbocycles. The van der Waals surface area contributed by atoms with Crippen LogP contribution in [0, 0.1) is 19.3 Å². The summed E-state index contributed by atoms with van der Waals surface area (Å²) in [5.41, 5.74) is 5.68. The summed E-state index contributed by atoms with van der Waals surface area (Å²) in [6, 6.07) is 3.63. The number of nitrogens with one attached hydrogen (secondary N) is 1. The number of nitrogens with zero attached hydrogens (tertiary/aromatic N) is 3. The molecule has 0 aliphatic heterocycles. The Morgan fingerprint density at radius 3 is 2.40 bits per heavy atom. The zero-order chi connectivity index (χ0) is 15.1. The average molecular weight is 283 g/mol. The summed E-state index contributed by atoms with van der Waals surface area (Å²) in [7, 11) is 0.